The number of hydrogen-bond donors (Lipinski definition) is 0. The van der Waals surface area contributed by atoms with Crippen molar-refractivity contribution < 1.29 is 14.1 Å². The van der Waals surface area contributed by atoms with Crippen LogP contribution in [0.2, 0.25) is 0 Å². The van der Waals surface area contributed by atoms with Crippen LogP contribution in [-0.2, 0) is 16.1 Å². The van der Waals surface area contributed by atoms with E-state index in [-0.39, 0.29) is 5.91 Å². The summed E-state index contributed by atoms with van der Waals surface area (Å²) in [5, 5.41) is 7.91. The highest BCUT2D eigenvalue weighted by Gasteiger charge is 2.19. The Bertz CT molecular complexity index is 607. The molecule has 1 aliphatic heterocycles. The third-order valence-corrected chi connectivity index (χ3v) is 4.10. The highest BCUT2D eigenvalue weighted by Crippen LogP contribution is 2.18. The summed E-state index contributed by atoms with van der Waals surface area (Å²) in [7, 11) is 1.87. The zero-order valence-electron chi connectivity index (χ0n) is 12.4. The minimum absolute atomic E-state index is 0.100. The van der Waals surface area contributed by atoms with Crippen molar-refractivity contribution in [2.24, 2.45) is 0 Å². The summed E-state index contributed by atoms with van der Waals surface area (Å²) in [4.78, 5) is 20.2. The van der Waals surface area contributed by atoms with Crippen molar-refractivity contribution in [2.75, 3.05) is 39.9 Å². The molecule has 2 aromatic rings. The number of amides is 1. The molecule has 0 bridgehead atoms. The second-order valence-corrected chi connectivity index (χ2v) is 5.97. The van der Waals surface area contributed by atoms with Crippen molar-refractivity contribution in [3.8, 4) is 11.4 Å². The van der Waals surface area contributed by atoms with Gasteiger partial charge in [-0.3, -0.25) is 9.69 Å². The van der Waals surface area contributed by atoms with E-state index in [9.17, 15) is 4.79 Å². The van der Waals surface area contributed by atoms with Crippen molar-refractivity contribution >= 4 is 17.2 Å². The van der Waals surface area contributed by atoms with Gasteiger partial charge in [-0.1, -0.05) is 5.16 Å². The Labute approximate surface area is 132 Å². The number of carbonyl (C=O) groups is 1. The molecule has 8 heteroatoms. The van der Waals surface area contributed by atoms with Crippen molar-refractivity contribution in [1.82, 2.24) is 19.9 Å². The topological polar surface area (TPSA) is 71.7 Å². The first-order chi connectivity index (χ1) is 10.7. The quantitative estimate of drug-likeness (QED) is 0.820. The van der Waals surface area contributed by atoms with E-state index in [1.54, 1.807) is 11.3 Å². The lowest BCUT2D eigenvalue weighted by molar-refractivity contribution is -0.136. The summed E-state index contributed by atoms with van der Waals surface area (Å²) in [6, 6.07) is 1.95. The first kappa shape index (κ1) is 15.1. The monoisotopic (exact) mass is 322 g/mol. The average Bonchev–Trinajstić information content (AvgIpc) is 3.19. The van der Waals surface area contributed by atoms with Crippen LogP contribution in [0.25, 0.3) is 11.4 Å². The molecule has 2 aromatic heterocycles. The van der Waals surface area contributed by atoms with Gasteiger partial charge >= 0.3 is 0 Å². The van der Waals surface area contributed by atoms with E-state index in [0.29, 0.717) is 51.1 Å². The molecule has 1 saturated heterocycles. The van der Waals surface area contributed by atoms with Crippen LogP contribution >= 0.6 is 11.3 Å². The van der Waals surface area contributed by atoms with Gasteiger partial charge in [-0.2, -0.15) is 16.3 Å². The Morgan fingerprint density at radius 3 is 3.00 bits per heavy atom. The van der Waals surface area contributed by atoms with E-state index >= 15 is 0 Å². The highest BCUT2D eigenvalue weighted by atomic mass is 32.1. The van der Waals surface area contributed by atoms with Gasteiger partial charge in [0.15, 0.2) is 0 Å². The standard InChI is InChI=1S/C14H18N4O3S/c1-17(9-13(19)18-3-5-20-6-4-18)8-12-15-14(16-21-12)11-2-7-22-10-11/h2,7,10H,3-6,8-9H2,1H3. The SMILES string of the molecule is CN(CC(=O)N1CCOCC1)Cc1nc(-c2ccsc2)no1. The summed E-state index contributed by atoms with van der Waals surface area (Å²) in [5.74, 6) is 1.20. The largest absolute Gasteiger partial charge is 0.378 e. The van der Waals surface area contributed by atoms with Crippen LogP contribution in [0.1, 0.15) is 5.89 Å². The molecule has 0 N–H and O–H groups in total. The zero-order chi connectivity index (χ0) is 15.4. The van der Waals surface area contributed by atoms with Gasteiger partial charge in [0.05, 0.1) is 26.3 Å². The molecule has 0 radical (unpaired) electrons. The van der Waals surface area contributed by atoms with Gasteiger partial charge in [-0.25, -0.2) is 0 Å². The normalized spacial score (nSPS) is 15.5. The third kappa shape index (κ3) is 3.70. The summed E-state index contributed by atoms with van der Waals surface area (Å²) >= 11 is 1.59. The molecule has 1 aliphatic rings. The second kappa shape index (κ2) is 6.99. The van der Waals surface area contributed by atoms with E-state index in [2.05, 4.69) is 10.1 Å². The Morgan fingerprint density at radius 2 is 2.27 bits per heavy atom. The second-order valence-electron chi connectivity index (χ2n) is 5.19. The Morgan fingerprint density at radius 1 is 1.45 bits per heavy atom. The molecule has 7 nitrogen and oxygen atoms in total. The van der Waals surface area contributed by atoms with Gasteiger partial charge in [-0.05, 0) is 18.5 Å². The number of hydrogen-bond acceptors (Lipinski definition) is 7. The molecule has 3 heterocycles. The van der Waals surface area contributed by atoms with Gasteiger partial charge < -0.3 is 14.2 Å². The first-order valence-corrected chi connectivity index (χ1v) is 8.06. The maximum absolute atomic E-state index is 12.2. The van der Waals surface area contributed by atoms with E-state index in [1.165, 1.54) is 0 Å². The lowest BCUT2D eigenvalue weighted by Gasteiger charge is -2.28. The minimum Gasteiger partial charge on any atom is -0.378 e. The van der Waals surface area contributed by atoms with Crippen LogP contribution in [0.3, 0.4) is 0 Å². The molecule has 1 amide bonds. The van der Waals surface area contributed by atoms with Crippen LogP contribution in [0.15, 0.2) is 21.3 Å². The Balaban J connectivity index is 1.53. The number of morpholine rings is 1. The molecule has 0 unspecified atom stereocenters. The molecule has 0 aliphatic carbocycles. The molecule has 0 aromatic carbocycles. The lowest BCUT2D eigenvalue weighted by Crippen LogP contribution is -2.44. The maximum atomic E-state index is 12.2. The summed E-state index contributed by atoms with van der Waals surface area (Å²) in [6.07, 6.45) is 0. The molecule has 22 heavy (non-hydrogen) atoms. The average molecular weight is 322 g/mol. The Kier molecular flexibility index (Phi) is 4.81. The van der Waals surface area contributed by atoms with Gasteiger partial charge in [0.25, 0.3) is 0 Å². The van der Waals surface area contributed by atoms with E-state index in [1.807, 2.05) is 33.7 Å². The van der Waals surface area contributed by atoms with Gasteiger partial charge in [0.2, 0.25) is 17.6 Å². The smallest absolute Gasteiger partial charge is 0.241 e. The van der Waals surface area contributed by atoms with Crippen molar-refractivity contribution in [3.63, 3.8) is 0 Å². The fourth-order valence-electron chi connectivity index (χ4n) is 2.26. The zero-order valence-corrected chi connectivity index (χ0v) is 13.2. The van der Waals surface area contributed by atoms with Crippen LogP contribution < -0.4 is 0 Å². The van der Waals surface area contributed by atoms with Crippen LogP contribution in [0.5, 0.6) is 0 Å². The van der Waals surface area contributed by atoms with Gasteiger partial charge in [0, 0.05) is 24.0 Å². The van der Waals surface area contributed by atoms with Gasteiger partial charge in [-0.15, -0.1) is 0 Å². The van der Waals surface area contributed by atoms with Gasteiger partial charge in [0.1, 0.15) is 0 Å². The number of carbonyl (C=O) groups excluding carboxylic acids is 1. The fraction of sp³-hybridized carbons (Fsp3) is 0.500. The maximum Gasteiger partial charge on any atom is 0.241 e. The predicted molar refractivity (Wildman–Crippen MR) is 81.3 cm³/mol. The number of likely N-dealkylation sites (N-methyl/N-ethyl adjacent to an activating group) is 1. The van der Waals surface area contributed by atoms with E-state index in [0.717, 1.165) is 5.56 Å². The number of rotatable bonds is 5. The number of ether oxygens (including phenoxy) is 1. The van der Waals surface area contributed by atoms with Crippen molar-refractivity contribution in [3.05, 3.63) is 22.7 Å². The van der Waals surface area contributed by atoms with E-state index in [4.69, 9.17) is 9.26 Å². The molecular formula is C14H18N4O3S. The molecule has 0 spiro atoms. The molecule has 0 atom stereocenters. The number of nitrogens with zero attached hydrogens (tertiary/aromatic N) is 4. The summed E-state index contributed by atoms with van der Waals surface area (Å²) in [6.45, 7) is 3.33. The predicted octanol–water partition coefficient (Wildman–Crippen LogP) is 1.09. The first-order valence-electron chi connectivity index (χ1n) is 7.11. The van der Waals surface area contributed by atoms with E-state index < -0.39 is 0 Å². The van der Waals surface area contributed by atoms with Crippen LogP contribution in [0, 0.1) is 0 Å². The summed E-state index contributed by atoms with van der Waals surface area (Å²) in [5.41, 5.74) is 0.951. The summed E-state index contributed by atoms with van der Waals surface area (Å²) < 4.78 is 10.5. The molecule has 3 rings (SSSR count). The fourth-order valence-corrected chi connectivity index (χ4v) is 2.89. The van der Waals surface area contributed by atoms with Crippen molar-refractivity contribution in [2.45, 2.75) is 6.54 Å². The lowest BCUT2D eigenvalue weighted by atomic mass is 10.3. The van der Waals surface area contributed by atoms with Crippen molar-refractivity contribution in [1.29, 1.82) is 0 Å². The van der Waals surface area contributed by atoms with Crippen LogP contribution in [-0.4, -0.2) is 65.7 Å². The molecular weight excluding hydrogens is 304 g/mol. The van der Waals surface area contributed by atoms with Crippen LogP contribution in [0.4, 0.5) is 0 Å². The molecule has 0 saturated carbocycles. The third-order valence-electron chi connectivity index (χ3n) is 3.42. The number of aromatic nitrogens is 2. The number of thiophene rings is 1. The highest BCUT2D eigenvalue weighted by molar-refractivity contribution is 7.08. The molecule has 118 valence electrons. The minimum atomic E-state index is 0.100. The molecule has 1 fully saturated rings. The Hall–Kier alpha value is -1.77.